The minimum atomic E-state index is -0.378. The second kappa shape index (κ2) is 8.39. The molecule has 0 saturated carbocycles. The van der Waals surface area contributed by atoms with Crippen LogP contribution in [0.5, 0.6) is 5.75 Å². The van der Waals surface area contributed by atoms with Gasteiger partial charge in [0.2, 0.25) is 5.91 Å². The number of nitrogens with zero attached hydrogens (tertiary/aromatic N) is 1. The van der Waals surface area contributed by atoms with Crippen molar-refractivity contribution in [2.45, 2.75) is 6.92 Å². The van der Waals surface area contributed by atoms with E-state index in [2.05, 4.69) is 10.6 Å². The number of hydrogen-bond acceptors (Lipinski definition) is 3. The zero-order chi connectivity index (χ0) is 18.4. The molecule has 0 aliphatic heterocycles. The lowest BCUT2D eigenvalue weighted by Gasteiger charge is -2.18. The van der Waals surface area contributed by atoms with E-state index in [0.717, 1.165) is 5.56 Å². The number of aryl methyl sites for hydroxylation is 1. The normalized spacial score (nSPS) is 10.1. The van der Waals surface area contributed by atoms with Crippen molar-refractivity contribution in [3.8, 4) is 5.75 Å². The van der Waals surface area contributed by atoms with Gasteiger partial charge in [0, 0.05) is 17.8 Å². The highest BCUT2D eigenvalue weighted by Crippen LogP contribution is 2.27. The molecule has 0 aromatic heterocycles. The third-order valence-corrected chi connectivity index (χ3v) is 3.70. The topological polar surface area (TPSA) is 70.7 Å². The van der Waals surface area contributed by atoms with Crippen molar-refractivity contribution in [1.82, 2.24) is 4.90 Å². The summed E-state index contributed by atoms with van der Waals surface area (Å²) in [5.74, 6) is 0.131. The highest BCUT2D eigenvalue weighted by Gasteiger charge is 2.15. The van der Waals surface area contributed by atoms with Gasteiger partial charge in [-0.05, 0) is 37.3 Å². The number of nitrogens with one attached hydrogen (secondary N) is 2. The van der Waals surface area contributed by atoms with Crippen LogP contribution in [-0.4, -0.2) is 37.5 Å². The summed E-state index contributed by atoms with van der Waals surface area (Å²) in [5.41, 5.74) is 2.22. The van der Waals surface area contributed by atoms with E-state index in [4.69, 9.17) is 16.3 Å². The molecular formula is C18H20ClN3O3. The number of carbonyl (C=O) groups is 2. The van der Waals surface area contributed by atoms with E-state index >= 15 is 0 Å². The number of benzene rings is 2. The summed E-state index contributed by atoms with van der Waals surface area (Å²) in [4.78, 5) is 25.6. The molecule has 2 aromatic rings. The molecular weight excluding hydrogens is 342 g/mol. The Morgan fingerprint density at radius 1 is 1.12 bits per heavy atom. The molecule has 2 aromatic carbocycles. The molecule has 0 saturated heterocycles. The van der Waals surface area contributed by atoms with Gasteiger partial charge in [0.15, 0.2) is 0 Å². The fourth-order valence-electron chi connectivity index (χ4n) is 2.11. The standard InChI is InChI=1S/C18H20ClN3O3/c1-12-4-7-14(8-5-12)20-18(24)22(2)11-17(23)21-15-10-13(19)6-9-16(15)25-3/h4-10H,11H2,1-3H3,(H,20,24)(H,21,23). The van der Waals surface area contributed by atoms with Gasteiger partial charge in [-0.3, -0.25) is 4.79 Å². The number of rotatable bonds is 5. The maximum absolute atomic E-state index is 12.2. The molecule has 0 radical (unpaired) electrons. The van der Waals surface area contributed by atoms with Gasteiger partial charge in [-0.15, -0.1) is 0 Å². The zero-order valence-corrected chi connectivity index (χ0v) is 15.1. The Morgan fingerprint density at radius 2 is 1.80 bits per heavy atom. The molecule has 132 valence electrons. The SMILES string of the molecule is COc1ccc(Cl)cc1NC(=O)CN(C)C(=O)Nc1ccc(C)cc1. The van der Waals surface area contributed by atoms with Gasteiger partial charge in [-0.1, -0.05) is 29.3 Å². The number of methoxy groups -OCH3 is 1. The van der Waals surface area contributed by atoms with E-state index in [0.29, 0.717) is 22.1 Å². The van der Waals surface area contributed by atoms with Crippen LogP contribution in [0.25, 0.3) is 0 Å². The molecule has 0 fully saturated rings. The van der Waals surface area contributed by atoms with Crippen molar-refractivity contribution in [3.05, 3.63) is 53.1 Å². The predicted molar refractivity (Wildman–Crippen MR) is 99.5 cm³/mol. The third kappa shape index (κ3) is 5.39. The van der Waals surface area contributed by atoms with Crippen molar-refractivity contribution in [1.29, 1.82) is 0 Å². The van der Waals surface area contributed by atoms with Crippen molar-refractivity contribution in [2.75, 3.05) is 31.3 Å². The Bertz CT molecular complexity index is 763. The van der Waals surface area contributed by atoms with Crippen LogP contribution in [0.15, 0.2) is 42.5 Å². The Balaban J connectivity index is 1.94. The first-order chi connectivity index (χ1) is 11.9. The number of halogens is 1. The molecule has 0 unspecified atom stereocenters. The van der Waals surface area contributed by atoms with Crippen LogP contribution in [0, 0.1) is 6.92 Å². The summed E-state index contributed by atoms with van der Waals surface area (Å²) in [7, 11) is 3.04. The zero-order valence-electron chi connectivity index (χ0n) is 14.3. The fraction of sp³-hybridized carbons (Fsp3) is 0.222. The Labute approximate surface area is 151 Å². The number of amides is 3. The van der Waals surface area contributed by atoms with Crippen molar-refractivity contribution < 1.29 is 14.3 Å². The lowest BCUT2D eigenvalue weighted by atomic mass is 10.2. The number of hydrogen-bond donors (Lipinski definition) is 2. The molecule has 7 heteroatoms. The largest absolute Gasteiger partial charge is 0.495 e. The molecule has 6 nitrogen and oxygen atoms in total. The Morgan fingerprint density at radius 3 is 2.44 bits per heavy atom. The second-order valence-corrected chi connectivity index (χ2v) is 5.98. The predicted octanol–water partition coefficient (Wildman–Crippen LogP) is 3.76. The number of ether oxygens (including phenoxy) is 1. The third-order valence-electron chi connectivity index (χ3n) is 3.47. The first-order valence-electron chi connectivity index (χ1n) is 7.61. The molecule has 0 atom stereocenters. The van der Waals surface area contributed by atoms with E-state index in [1.807, 2.05) is 19.1 Å². The Hall–Kier alpha value is -2.73. The maximum atomic E-state index is 12.2. The number of urea groups is 1. The van der Waals surface area contributed by atoms with Crippen molar-refractivity contribution in [2.24, 2.45) is 0 Å². The van der Waals surface area contributed by atoms with E-state index in [1.54, 1.807) is 30.3 Å². The molecule has 2 N–H and O–H groups in total. The summed E-state index contributed by atoms with van der Waals surface area (Å²) in [6, 6.07) is 11.9. The minimum absolute atomic E-state index is 0.118. The molecule has 3 amide bonds. The van der Waals surface area contributed by atoms with Crippen LogP contribution < -0.4 is 15.4 Å². The first-order valence-corrected chi connectivity index (χ1v) is 7.99. The van der Waals surface area contributed by atoms with E-state index in [9.17, 15) is 9.59 Å². The molecule has 0 spiro atoms. The molecule has 25 heavy (non-hydrogen) atoms. The molecule has 0 heterocycles. The minimum Gasteiger partial charge on any atom is -0.495 e. The van der Waals surface area contributed by atoms with Gasteiger partial charge in [-0.25, -0.2) is 4.79 Å². The lowest BCUT2D eigenvalue weighted by molar-refractivity contribution is -0.116. The average molecular weight is 362 g/mol. The molecule has 2 rings (SSSR count). The van der Waals surface area contributed by atoms with Gasteiger partial charge < -0.3 is 20.3 Å². The first kappa shape index (κ1) is 18.6. The van der Waals surface area contributed by atoms with Gasteiger partial charge in [0.25, 0.3) is 0 Å². The smallest absolute Gasteiger partial charge is 0.322 e. The van der Waals surface area contributed by atoms with Gasteiger partial charge >= 0.3 is 6.03 Å². The van der Waals surface area contributed by atoms with Crippen LogP contribution >= 0.6 is 11.6 Å². The number of anilines is 2. The molecule has 0 aliphatic rings. The monoisotopic (exact) mass is 361 g/mol. The maximum Gasteiger partial charge on any atom is 0.322 e. The van der Waals surface area contributed by atoms with Crippen LogP contribution in [-0.2, 0) is 4.79 Å². The fourth-order valence-corrected chi connectivity index (χ4v) is 2.28. The van der Waals surface area contributed by atoms with Crippen LogP contribution in [0.2, 0.25) is 5.02 Å². The van der Waals surface area contributed by atoms with Crippen molar-refractivity contribution in [3.63, 3.8) is 0 Å². The van der Waals surface area contributed by atoms with Crippen molar-refractivity contribution >= 4 is 34.9 Å². The summed E-state index contributed by atoms with van der Waals surface area (Å²) >= 11 is 5.93. The van der Waals surface area contributed by atoms with Crippen LogP contribution in [0.1, 0.15) is 5.56 Å². The summed E-state index contributed by atoms with van der Waals surface area (Å²) in [6.07, 6.45) is 0. The van der Waals surface area contributed by atoms with E-state index < -0.39 is 0 Å². The lowest BCUT2D eigenvalue weighted by Crippen LogP contribution is -2.37. The highest BCUT2D eigenvalue weighted by atomic mass is 35.5. The average Bonchev–Trinajstić information content (AvgIpc) is 2.57. The summed E-state index contributed by atoms with van der Waals surface area (Å²) in [5, 5.41) is 5.89. The van der Waals surface area contributed by atoms with Crippen LogP contribution in [0.4, 0.5) is 16.2 Å². The van der Waals surface area contributed by atoms with E-state index in [1.165, 1.54) is 19.1 Å². The summed E-state index contributed by atoms with van der Waals surface area (Å²) in [6.45, 7) is 1.85. The summed E-state index contributed by atoms with van der Waals surface area (Å²) < 4.78 is 5.18. The van der Waals surface area contributed by atoms with E-state index in [-0.39, 0.29) is 18.5 Å². The van der Waals surface area contributed by atoms with Gasteiger partial charge in [0.05, 0.1) is 12.8 Å². The number of carbonyl (C=O) groups excluding carboxylic acids is 2. The van der Waals surface area contributed by atoms with Gasteiger partial charge in [-0.2, -0.15) is 0 Å². The second-order valence-electron chi connectivity index (χ2n) is 5.55. The Kier molecular flexibility index (Phi) is 6.25. The molecule has 0 bridgehead atoms. The van der Waals surface area contributed by atoms with Crippen LogP contribution in [0.3, 0.4) is 0 Å². The molecule has 0 aliphatic carbocycles. The quantitative estimate of drug-likeness (QED) is 0.851. The highest BCUT2D eigenvalue weighted by molar-refractivity contribution is 6.31. The number of likely N-dealkylation sites (N-methyl/N-ethyl adjacent to an activating group) is 1. The van der Waals surface area contributed by atoms with Gasteiger partial charge in [0.1, 0.15) is 12.3 Å².